The van der Waals surface area contributed by atoms with Gasteiger partial charge in [0.1, 0.15) is 29.6 Å². The van der Waals surface area contributed by atoms with Gasteiger partial charge in [-0.25, -0.2) is 10.2 Å². The molecule has 0 saturated carbocycles. The zero-order valence-electron chi connectivity index (χ0n) is 23.3. The lowest BCUT2D eigenvalue weighted by Gasteiger charge is -2.14. The van der Waals surface area contributed by atoms with E-state index in [0.717, 1.165) is 16.5 Å². The number of ether oxygens (including phenoxy) is 4. The molecule has 0 saturated heterocycles. The summed E-state index contributed by atoms with van der Waals surface area (Å²) in [5, 5.41) is 4.04. The first-order valence-electron chi connectivity index (χ1n) is 13.4. The van der Waals surface area contributed by atoms with Crippen molar-refractivity contribution in [3.63, 3.8) is 0 Å². The van der Waals surface area contributed by atoms with E-state index in [1.807, 2.05) is 37.3 Å². The van der Waals surface area contributed by atoms with Crippen LogP contribution in [0.2, 0.25) is 0 Å². The van der Waals surface area contributed by atoms with Gasteiger partial charge in [-0.1, -0.05) is 53.2 Å². The van der Waals surface area contributed by atoms with Crippen LogP contribution in [0.5, 0.6) is 23.0 Å². The summed E-state index contributed by atoms with van der Waals surface area (Å²) in [6.07, 6.45) is 1.48. The highest BCUT2D eigenvalue weighted by molar-refractivity contribution is 9.10. The van der Waals surface area contributed by atoms with E-state index in [4.69, 9.17) is 18.9 Å². The lowest BCUT2D eigenvalue weighted by molar-refractivity contribution is -0.127. The minimum atomic E-state index is -0.817. The molecule has 0 aromatic heterocycles. The van der Waals surface area contributed by atoms with Crippen molar-refractivity contribution in [2.75, 3.05) is 6.61 Å². The van der Waals surface area contributed by atoms with Crippen LogP contribution in [0.15, 0.2) is 107 Å². The van der Waals surface area contributed by atoms with E-state index in [1.165, 1.54) is 6.21 Å². The van der Waals surface area contributed by atoms with Crippen molar-refractivity contribution in [1.82, 2.24) is 5.43 Å². The van der Waals surface area contributed by atoms with Crippen LogP contribution >= 0.6 is 15.9 Å². The van der Waals surface area contributed by atoms with Crippen molar-refractivity contribution in [1.29, 1.82) is 0 Å². The summed E-state index contributed by atoms with van der Waals surface area (Å²) in [4.78, 5) is 25.3. The Morgan fingerprint density at radius 3 is 2.26 bits per heavy atom. The SMILES string of the molecule is CCCOc1ccc(C(=O)Oc2ccc(Br)cc2/C=N/NC(=O)C(C)Oc2ccc(OCc3ccccc3)cc2)cc1. The van der Waals surface area contributed by atoms with Gasteiger partial charge in [-0.15, -0.1) is 0 Å². The Kier molecular flexibility index (Phi) is 11.1. The standard InChI is InChI=1S/C33H31BrN2O6/c1-3-19-39-28-12-9-25(10-13-28)33(38)42-31-18-11-27(34)20-26(31)21-35-36-32(37)23(2)41-30-16-14-29(15-17-30)40-22-24-7-5-4-6-8-24/h4-18,20-21,23H,3,19,22H2,1-2H3,(H,36,37)/b35-21+. The van der Waals surface area contributed by atoms with Gasteiger partial charge < -0.3 is 18.9 Å². The molecule has 0 bridgehead atoms. The molecule has 0 radical (unpaired) electrons. The normalized spacial score (nSPS) is 11.5. The molecule has 1 N–H and O–H groups in total. The summed E-state index contributed by atoms with van der Waals surface area (Å²) in [5.74, 6) is 1.19. The second-order valence-corrected chi connectivity index (χ2v) is 10.1. The van der Waals surface area contributed by atoms with Crippen molar-refractivity contribution in [2.45, 2.75) is 33.0 Å². The van der Waals surface area contributed by atoms with E-state index in [1.54, 1.807) is 73.7 Å². The van der Waals surface area contributed by atoms with Gasteiger partial charge in [0.2, 0.25) is 0 Å². The zero-order valence-corrected chi connectivity index (χ0v) is 24.9. The molecular weight excluding hydrogens is 600 g/mol. The molecule has 0 aliphatic heterocycles. The van der Waals surface area contributed by atoms with E-state index in [2.05, 4.69) is 26.5 Å². The molecule has 1 amide bonds. The molecule has 0 aliphatic rings. The first kappa shape index (κ1) is 30.3. The van der Waals surface area contributed by atoms with Gasteiger partial charge in [0, 0.05) is 10.0 Å². The predicted molar refractivity (Wildman–Crippen MR) is 164 cm³/mol. The number of benzene rings is 4. The van der Waals surface area contributed by atoms with E-state index >= 15 is 0 Å². The molecule has 8 nitrogen and oxygen atoms in total. The number of esters is 1. The number of carbonyl (C=O) groups excluding carboxylic acids is 2. The zero-order chi connectivity index (χ0) is 29.7. The number of rotatable bonds is 13. The van der Waals surface area contributed by atoms with E-state index < -0.39 is 18.0 Å². The fraction of sp³-hybridized carbons (Fsp3) is 0.182. The number of amides is 1. The highest BCUT2D eigenvalue weighted by Gasteiger charge is 2.15. The van der Waals surface area contributed by atoms with Crippen LogP contribution in [-0.2, 0) is 11.4 Å². The Hall–Kier alpha value is -4.63. The van der Waals surface area contributed by atoms with Crippen LogP contribution in [0.4, 0.5) is 0 Å². The summed E-state index contributed by atoms with van der Waals surface area (Å²) in [6, 6.07) is 28.8. The third-order valence-electron chi connectivity index (χ3n) is 5.87. The van der Waals surface area contributed by atoms with Gasteiger partial charge in [-0.2, -0.15) is 5.10 Å². The Balaban J connectivity index is 1.30. The second kappa shape index (κ2) is 15.4. The minimum Gasteiger partial charge on any atom is -0.494 e. The van der Waals surface area contributed by atoms with Gasteiger partial charge in [0.05, 0.1) is 18.4 Å². The van der Waals surface area contributed by atoms with Crippen LogP contribution in [0.3, 0.4) is 0 Å². The number of nitrogens with zero attached hydrogens (tertiary/aromatic N) is 1. The van der Waals surface area contributed by atoms with Crippen LogP contribution in [0.1, 0.15) is 41.8 Å². The first-order chi connectivity index (χ1) is 20.4. The molecule has 4 rings (SSSR count). The fourth-order valence-corrected chi connectivity index (χ4v) is 4.03. The average Bonchev–Trinajstić information content (AvgIpc) is 3.01. The number of hydrazone groups is 1. The molecule has 4 aromatic carbocycles. The Labute approximate surface area is 253 Å². The summed E-state index contributed by atoms with van der Waals surface area (Å²) in [5.41, 5.74) is 4.40. The molecule has 0 aliphatic carbocycles. The van der Waals surface area contributed by atoms with E-state index in [-0.39, 0.29) is 5.75 Å². The second-order valence-electron chi connectivity index (χ2n) is 9.18. The third kappa shape index (κ3) is 9.21. The van der Waals surface area contributed by atoms with E-state index in [0.29, 0.717) is 41.6 Å². The van der Waals surface area contributed by atoms with Gasteiger partial charge in [0.15, 0.2) is 6.10 Å². The number of hydrogen-bond donors (Lipinski definition) is 1. The van der Waals surface area contributed by atoms with Crippen molar-refractivity contribution in [3.05, 3.63) is 118 Å². The Morgan fingerprint density at radius 1 is 0.881 bits per heavy atom. The molecule has 1 unspecified atom stereocenters. The van der Waals surface area contributed by atoms with Crippen molar-refractivity contribution >= 4 is 34.0 Å². The maximum Gasteiger partial charge on any atom is 0.343 e. The average molecular weight is 632 g/mol. The highest BCUT2D eigenvalue weighted by Crippen LogP contribution is 2.24. The number of hydrogen-bond acceptors (Lipinski definition) is 7. The lowest BCUT2D eigenvalue weighted by atomic mass is 10.2. The van der Waals surface area contributed by atoms with Crippen LogP contribution < -0.4 is 24.4 Å². The molecule has 0 heterocycles. The maximum absolute atomic E-state index is 12.7. The van der Waals surface area contributed by atoms with Gasteiger partial charge >= 0.3 is 5.97 Å². The van der Waals surface area contributed by atoms with Gasteiger partial charge in [-0.3, -0.25) is 4.79 Å². The Morgan fingerprint density at radius 2 is 1.55 bits per heavy atom. The molecule has 1 atom stereocenters. The fourth-order valence-electron chi connectivity index (χ4n) is 3.65. The maximum atomic E-state index is 12.7. The van der Waals surface area contributed by atoms with Crippen LogP contribution in [0, 0.1) is 0 Å². The lowest BCUT2D eigenvalue weighted by Crippen LogP contribution is -2.33. The summed E-state index contributed by atoms with van der Waals surface area (Å²) < 4.78 is 23.4. The summed E-state index contributed by atoms with van der Waals surface area (Å²) >= 11 is 3.41. The quantitative estimate of drug-likeness (QED) is 0.0743. The summed E-state index contributed by atoms with van der Waals surface area (Å²) in [6.45, 7) is 4.70. The number of carbonyl (C=O) groups is 2. The monoisotopic (exact) mass is 630 g/mol. The molecule has 42 heavy (non-hydrogen) atoms. The van der Waals surface area contributed by atoms with Crippen LogP contribution in [0.25, 0.3) is 0 Å². The predicted octanol–water partition coefficient (Wildman–Crippen LogP) is 6.95. The van der Waals surface area contributed by atoms with E-state index in [9.17, 15) is 9.59 Å². The summed E-state index contributed by atoms with van der Waals surface area (Å²) in [7, 11) is 0. The molecule has 0 spiro atoms. The molecule has 4 aromatic rings. The Bertz CT molecular complexity index is 1490. The minimum absolute atomic E-state index is 0.284. The molecule has 0 fully saturated rings. The highest BCUT2D eigenvalue weighted by atomic mass is 79.9. The van der Waals surface area contributed by atoms with Crippen molar-refractivity contribution in [3.8, 4) is 23.0 Å². The smallest absolute Gasteiger partial charge is 0.343 e. The van der Waals surface area contributed by atoms with Gasteiger partial charge in [-0.05, 0) is 85.6 Å². The molecular formula is C33H31BrN2O6. The van der Waals surface area contributed by atoms with Crippen LogP contribution in [-0.4, -0.2) is 30.8 Å². The topological polar surface area (TPSA) is 95.5 Å². The van der Waals surface area contributed by atoms with Gasteiger partial charge in [0.25, 0.3) is 5.91 Å². The number of nitrogens with one attached hydrogen (secondary N) is 1. The van der Waals surface area contributed by atoms with Crippen molar-refractivity contribution in [2.24, 2.45) is 5.10 Å². The third-order valence-corrected chi connectivity index (χ3v) is 6.36. The number of halogens is 1. The molecule has 216 valence electrons. The first-order valence-corrected chi connectivity index (χ1v) is 14.2. The van der Waals surface area contributed by atoms with Crippen molar-refractivity contribution < 1.29 is 28.5 Å². The largest absolute Gasteiger partial charge is 0.494 e. The molecule has 9 heteroatoms.